The maximum atomic E-state index is 12.6. The molecule has 2 heterocycles. The highest BCUT2D eigenvalue weighted by atomic mass is 35.5. The minimum absolute atomic E-state index is 0.108. The lowest BCUT2D eigenvalue weighted by molar-refractivity contribution is 0.0954. The summed E-state index contributed by atoms with van der Waals surface area (Å²) in [5.74, 6) is -0.108. The lowest BCUT2D eigenvalue weighted by Gasteiger charge is -2.25. The summed E-state index contributed by atoms with van der Waals surface area (Å²) in [5.41, 5.74) is 5.18. The van der Waals surface area contributed by atoms with Gasteiger partial charge in [0.15, 0.2) is 0 Å². The van der Waals surface area contributed by atoms with Gasteiger partial charge in [0, 0.05) is 29.5 Å². The van der Waals surface area contributed by atoms with E-state index in [0.717, 1.165) is 24.1 Å². The van der Waals surface area contributed by atoms with Gasteiger partial charge in [0.1, 0.15) is 0 Å². The van der Waals surface area contributed by atoms with Crippen molar-refractivity contribution in [2.24, 2.45) is 0 Å². The highest BCUT2D eigenvalue weighted by molar-refractivity contribution is 6.30. The van der Waals surface area contributed by atoms with Crippen molar-refractivity contribution in [3.8, 4) is 0 Å². The summed E-state index contributed by atoms with van der Waals surface area (Å²) < 4.78 is 0. The van der Waals surface area contributed by atoms with Crippen LogP contribution in [-0.4, -0.2) is 23.5 Å². The van der Waals surface area contributed by atoms with Crippen LogP contribution in [0.3, 0.4) is 0 Å². The van der Waals surface area contributed by atoms with Gasteiger partial charge in [0.05, 0.1) is 17.4 Å². The Bertz CT molecular complexity index is 987. The van der Waals surface area contributed by atoms with Crippen molar-refractivity contribution in [3.05, 3.63) is 88.7 Å². The van der Waals surface area contributed by atoms with Crippen molar-refractivity contribution in [2.45, 2.75) is 25.8 Å². The van der Waals surface area contributed by atoms with Gasteiger partial charge < -0.3 is 10.2 Å². The molecule has 1 atom stereocenters. The molecule has 0 spiro atoms. The second-order valence-electron chi connectivity index (χ2n) is 7.12. The van der Waals surface area contributed by atoms with Gasteiger partial charge >= 0.3 is 0 Å². The Morgan fingerprint density at radius 1 is 1.18 bits per heavy atom. The summed E-state index contributed by atoms with van der Waals surface area (Å²) in [5, 5.41) is 3.70. The third-order valence-corrected chi connectivity index (χ3v) is 5.34. The van der Waals surface area contributed by atoms with Gasteiger partial charge in [-0.2, -0.15) is 0 Å². The minimum Gasteiger partial charge on any atom is -0.352 e. The van der Waals surface area contributed by atoms with Gasteiger partial charge in [-0.3, -0.25) is 9.78 Å². The number of pyridine rings is 1. The molecule has 1 aliphatic rings. The van der Waals surface area contributed by atoms with Crippen LogP contribution in [0.5, 0.6) is 0 Å². The van der Waals surface area contributed by atoms with E-state index in [2.05, 4.69) is 40.3 Å². The van der Waals surface area contributed by atoms with Crippen LogP contribution >= 0.6 is 11.6 Å². The van der Waals surface area contributed by atoms with Crippen LogP contribution < -0.4 is 10.2 Å². The number of hydrogen-bond donors (Lipinski definition) is 1. The second kappa shape index (κ2) is 8.03. The largest absolute Gasteiger partial charge is 0.352 e. The monoisotopic (exact) mass is 391 g/mol. The van der Waals surface area contributed by atoms with Gasteiger partial charge in [-0.15, -0.1) is 0 Å². The Balaban J connectivity index is 1.45. The van der Waals surface area contributed by atoms with Crippen molar-refractivity contribution in [1.29, 1.82) is 0 Å². The van der Waals surface area contributed by atoms with Crippen molar-refractivity contribution in [2.75, 3.05) is 11.4 Å². The molecule has 1 N–H and O–H groups in total. The van der Waals surface area contributed by atoms with Gasteiger partial charge in [0.2, 0.25) is 0 Å². The third-order valence-electron chi connectivity index (χ3n) is 5.08. The number of carbonyl (C=O) groups excluding carboxylic acids is 1. The normalized spacial score (nSPS) is 15.4. The average molecular weight is 392 g/mol. The number of benzene rings is 2. The number of amides is 1. The van der Waals surface area contributed by atoms with Crippen molar-refractivity contribution in [1.82, 2.24) is 10.3 Å². The summed E-state index contributed by atoms with van der Waals surface area (Å²) in [7, 11) is 0. The molecule has 4 nitrogen and oxygen atoms in total. The highest BCUT2D eigenvalue weighted by Gasteiger charge is 2.27. The first-order chi connectivity index (χ1) is 13.6. The van der Waals surface area contributed by atoms with E-state index < -0.39 is 0 Å². The van der Waals surface area contributed by atoms with Crippen molar-refractivity contribution in [3.63, 3.8) is 0 Å². The second-order valence-corrected chi connectivity index (χ2v) is 7.55. The van der Waals surface area contributed by atoms with Crippen LogP contribution in [0.15, 0.2) is 67.0 Å². The Labute approximate surface area is 170 Å². The molecule has 0 bridgehead atoms. The number of carbonyl (C=O) groups is 1. The number of hydrogen-bond acceptors (Lipinski definition) is 3. The molecule has 0 saturated carbocycles. The van der Waals surface area contributed by atoms with Gasteiger partial charge in [-0.1, -0.05) is 41.9 Å². The van der Waals surface area contributed by atoms with Gasteiger partial charge in [0.25, 0.3) is 5.91 Å². The summed E-state index contributed by atoms with van der Waals surface area (Å²) in [6, 6.07) is 18.3. The molecule has 5 heteroatoms. The van der Waals surface area contributed by atoms with E-state index in [0.29, 0.717) is 23.2 Å². The summed E-state index contributed by atoms with van der Waals surface area (Å²) in [6.45, 7) is 2.76. The standard InChI is InChI=1S/C23H22ClN3O/c1-16-12-18-4-2-3-5-22(18)27(16)21-13-19(14-25-15-21)23(28)26-11-10-17-6-8-20(24)9-7-17/h2-9,13-16H,10-12H2,1H3,(H,26,28). The van der Waals surface area contributed by atoms with E-state index >= 15 is 0 Å². The van der Waals surface area contributed by atoms with E-state index in [1.807, 2.05) is 42.6 Å². The molecule has 142 valence electrons. The molecule has 0 aliphatic carbocycles. The summed E-state index contributed by atoms with van der Waals surface area (Å²) in [4.78, 5) is 19.2. The van der Waals surface area contributed by atoms with Crippen LogP contribution in [0.4, 0.5) is 11.4 Å². The smallest absolute Gasteiger partial charge is 0.252 e. The Hall–Kier alpha value is -2.85. The topological polar surface area (TPSA) is 45.2 Å². The Kier molecular flexibility index (Phi) is 5.31. The van der Waals surface area contributed by atoms with Crippen LogP contribution in [0.25, 0.3) is 0 Å². The Morgan fingerprint density at radius 3 is 2.79 bits per heavy atom. The minimum atomic E-state index is -0.108. The molecule has 28 heavy (non-hydrogen) atoms. The first kappa shape index (κ1) is 18.5. The van der Waals surface area contributed by atoms with Crippen LogP contribution in [0, 0.1) is 0 Å². The zero-order valence-corrected chi connectivity index (χ0v) is 16.5. The SMILES string of the molecule is CC1Cc2ccccc2N1c1cncc(C(=O)NCCc2ccc(Cl)cc2)c1. The van der Waals surface area contributed by atoms with Gasteiger partial charge in [-0.25, -0.2) is 0 Å². The predicted octanol–water partition coefficient (Wildman–Crippen LogP) is 4.79. The molecule has 4 rings (SSSR count). The molecule has 1 amide bonds. The number of nitrogens with one attached hydrogen (secondary N) is 1. The average Bonchev–Trinajstić information content (AvgIpc) is 3.05. The number of rotatable bonds is 5. The number of anilines is 2. The first-order valence-corrected chi connectivity index (χ1v) is 9.84. The maximum absolute atomic E-state index is 12.6. The van der Waals surface area contributed by atoms with Crippen LogP contribution in [-0.2, 0) is 12.8 Å². The molecule has 3 aromatic rings. The molecule has 2 aromatic carbocycles. The lowest BCUT2D eigenvalue weighted by Crippen LogP contribution is -2.27. The number of halogens is 1. The molecule has 1 unspecified atom stereocenters. The van der Waals surface area contributed by atoms with E-state index in [4.69, 9.17) is 11.6 Å². The Morgan fingerprint density at radius 2 is 1.96 bits per heavy atom. The van der Waals surface area contributed by atoms with Crippen molar-refractivity contribution < 1.29 is 4.79 Å². The van der Waals surface area contributed by atoms with Crippen LogP contribution in [0.2, 0.25) is 5.02 Å². The fourth-order valence-electron chi connectivity index (χ4n) is 3.72. The lowest BCUT2D eigenvalue weighted by atomic mass is 10.1. The molecule has 0 saturated heterocycles. The number of fused-ring (bicyclic) bond motifs is 1. The molecular formula is C23H22ClN3O. The van der Waals surface area contributed by atoms with Crippen LogP contribution in [0.1, 0.15) is 28.4 Å². The zero-order chi connectivity index (χ0) is 19.5. The van der Waals surface area contributed by atoms with E-state index in [1.165, 1.54) is 11.3 Å². The summed E-state index contributed by atoms with van der Waals surface area (Å²) in [6.07, 6.45) is 5.19. The van der Waals surface area contributed by atoms with Crippen molar-refractivity contribution >= 4 is 28.9 Å². The number of nitrogens with zero attached hydrogens (tertiary/aromatic N) is 2. The van der Waals surface area contributed by atoms with E-state index in [-0.39, 0.29) is 5.91 Å². The molecule has 0 radical (unpaired) electrons. The fraction of sp³-hybridized carbons (Fsp3) is 0.217. The van der Waals surface area contributed by atoms with E-state index in [9.17, 15) is 4.79 Å². The number of aromatic nitrogens is 1. The predicted molar refractivity (Wildman–Crippen MR) is 113 cm³/mol. The fourth-order valence-corrected chi connectivity index (χ4v) is 3.84. The highest BCUT2D eigenvalue weighted by Crippen LogP contribution is 2.37. The molecular weight excluding hydrogens is 370 g/mol. The third kappa shape index (κ3) is 3.87. The quantitative estimate of drug-likeness (QED) is 0.680. The maximum Gasteiger partial charge on any atom is 0.252 e. The van der Waals surface area contributed by atoms with E-state index in [1.54, 1.807) is 6.20 Å². The zero-order valence-electron chi connectivity index (χ0n) is 15.7. The summed E-state index contributed by atoms with van der Waals surface area (Å²) >= 11 is 5.91. The first-order valence-electron chi connectivity index (χ1n) is 9.46. The molecule has 0 fully saturated rings. The molecule has 1 aliphatic heterocycles. The van der Waals surface area contributed by atoms with Gasteiger partial charge in [-0.05, 0) is 55.2 Å². The molecule has 1 aromatic heterocycles. The number of para-hydroxylation sites is 1.